The summed E-state index contributed by atoms with van der Waals surface area (Å²) < 4.78 is 5.70. The van der Waals surface area contributed by atoms with Gasteiger partial charge in [-0.25, -0.2) is 0 Å². The second-order valence-electron chi connectivity index (χ2n) is 6.76. The number of hydrogen-bond acceptors (Lipinski definition) is 3. The summed E-state index contributed by atoms with van der Waals surface area (Å²) in [5, 5.41) is 0. The number of thioether (sulfide) groups is 1. The molecule has 2 nitrogen and oxygen atoms in total. The molecule has 2 aromatic rings. The largest absolute Gasteiger partial charge is 1.00 e. The normalized spacial score (nSPS) is 24.0. The van der Waals surface area contributed by atoms with Gasteiger partial charge in [0.05, 0.1) is 6.26 Å². The summed E-state index contributed by atoms with van der Waals surface area (Å²) in [5.41, 5.74) is 5.72. The van der Waals surface area contributed by atoms with Crippen LogP contribution in [-0.4, -0.2) is 11.5 Å². The van der Waals surface area contributed by atoms with E-state index in [2.05, 4.69) is 25.5 Å². The van der Waals surface area contributed by atoms with E-state index >= 15 is 0 Å². The molecule has 2 heterocycles. The van der Waals surface area contributed by atoms with Gasteiger partial charge in [0.2, 0.25) is 5.78 Å². The Morgan fingerprint density at radius 1 is 1.35 bits per heavy atom. The van der Waals surface area contributed by atoms with Crippen molar-refractivity contribution in [3.8, 4) is 0 Å². The van der Waals surface area contributed by atoms with Gasteiger partial charge >= 0.3 is 19.8 Å². The summed E-state index contributed by atoms with van der Waals surface area (Å²) in [7, 11) is 0. The maximum absolute atomic E-state index is 12.9. The number of hydrogen-bond donors (Lipinski definition) is 0. The molecule has 3 aliphatic rings. The predicted molar refractivity (Wildman–Crippen MR) is 86.7 cm³/mol. The molecule has 0 N–H and O–H groups in total. The Kier molecular flexibility index (Phi) is 3.56. The standard InChI is InChI=1S/C19H17O2S.Os/c1-19-6-2-4-12-10-21-18(16(12)19)17(20)13-9-15-11(8-14(13)19)5-3-7-22-15;/h5,8-10H,2-4,6-7H2,1H3;/q-1;+1. The Bertz CT molecular complexity index is 823. The van der Waals surface area contributed by atoms with Crippen LogP contribution < -0.4 is 0 Å². The quantitative estimate of drug-likeness (QED) is 0.500. The molecule has 0 saturated heterocycles. The van der Waals surface area contributed by atoms with Crippen LogP contribution >= 0.6 is 11.8 Å². The van der Waals surface area contributed by atoms with Crippen LogP contribution in [0.25, 0.3) is 0 Å². The first-order valence-corrected chi connectivity index (χ1v) is 8.97. The van der Waals surface area contributed by atoms with Crippen LogP contribution in [0.4, 0.5) is 0 Å². The summed E-state index contributed by atoms with van der Waals surface area (Å²) in [6, 6.07) is 4.39. The minimum atomic E-state index is -0.0653. The Morgan fingerprint density at radius 3 is 3.09 bits per heavy atom. The fraction of sp³-hybridized carbons (Fsp3) is 0.368. The maximum atomic E-state index is 12.9. The fourth-order valence-electron chi connectivity index (χ4n) is 4.41. The van der Waals surface area contributed by atoms with Gasteiger partial charge in [-0.3, -0.25) is 4.79 Å². The van der Waals surface area contributed by atoms with E-state index in [1.807, 2.05) is 18.0 Å². The van der Waals surface area contributed by atoms with Gasteiger partial charge in [-0.1, -0.05) is 29.9 Å². The summed E-state index contributed by atoms with van der Waals surface area (Å²) >= 11 is 1.86. The average Bonchev–Trinajstić information content (AvgIpc) is 2.98. The Hall–Kier alpha value is -0.974. The number of aryl methyl sites for hydroxylation is 1. The van der Waals surface area contributed by atoms with Crippen LogP contribution in [0, 0.1) is 6.42 Å². The molecule has 0 amide bonds. The van der Waals surface area contributed by atoms with Crippen molar-refractivity contribution >= 4 is 17.5 Å². The first-order chi connectivity index (χ1) is 10.7. The Labute approximate surface area is 153 Å². The topological polar surface area (TPSA) is 30.2 Å². The van der Waals surface area contributed by atoms with Crippen LogP contribution in [0.2, 0.25) is 0 Å². The van der Waals surface area contributed by atoms with Gasteiger partial charge in [0.25, 0.3) is 0 Å². The Balaban J connectivity index is 0.00000135. The zero-order valence-electron chi connectivity index (χ0n) is 12.9. The van der Waals surface area contributed by atoms with E-state index in [0.717, 1.165) is 37.0 Å². The summed E-state index contributed by atoms with van der Waals surface area (Å²) in [6.07, 6.45) is 8.53. The smallest absolute Gasteiger partial charge is 0.460 e. The van der Waals surface area contributed by atoms with E-state index in [0.29, 0.717) is 5.76 Å². The number of carbonyl (C=O) groups excluding carboxylic acids is 1. The third-order valence-electron chi connectivity index (χ3n) is 5.48. The van der Waals surface area contributed by atoms with Crippen molar-refractivity contribution in [2.45, 2.75) is 42.9 Å². The molecule has 5 rings (SSSR count). The summed E-state index contributed by atoms with van der Waals surface area (Å²) in [5.74, 6) is 1.77. The molecule has 1 aromatic carbocycles. The molecule has 0 saturated carbocycles. The summed E-state index contributed by atoms with van der Waals surface area (Å²) in [6.45, 7) is 2.29. The van der Waals surface area contributed by atoms with Crippen molar-refractivity contribution in [1.29, 1.82) is 0 Å². The molecule has 0 spiro atoms. The van der Waals surface area contributed by atoms with E-state index in [1.165, 1.54) is 27.1 Å². The Morgan fingerprint density at radius 2 is 2.22 bits per heavy atom. The van der Waals surface area contributed by atoms with E-state index in [4.69, 9.17) is 4.42 Å². The monoisotopic (exact) mass is 501 g/mol. The molecule has 0 fully saturated rings. The van der Waals surface area contributed by atoms with Gasteiger partial charge in [0.1, 0.15) is 0 Å². The molecule has 23 heavy (non-hydrogen) atoms. The molecule has 1 radical (unpaired) electrons. The number of fused-ring (bicyclic) bond motifs is 3. The van der Waals surface area contributed by atoms with E-state index in [9.17, 15) is 4.79 Å². The zero-order chi connectivity index (χ0) is 14.9. The van der Waals surface area contributed by atoms with Crippen molar-refractivity contribution in [1.82, 2.24) is 0 Å². The third-order valence-corrected chi connectivity index (χ3v) is 6.58. The number of rotatable bonds is 0. The average molecular weight is 500 g/mol. The van der Waals surface area contributed by atoms with E-state index in [1.54, 1.807) is 0 Å². The van der Waals surface area contributed by atoms with Gasteiger partial charge in [-0.05, 0) is 30.6 Å². The second kappa shape index (κ2) is 5.26. The summed E-state index contributed by atoms with van der Waals surface area (Å²) in [4.78, 5) is 14.2. The molecule has 0 bridgehead atoms. The fourth-order valence-corrected chi connectivity index (χ4v) is 5.37. The van der Waals surface area contributed by atoms with Crippen LogP contribution in [0.1, 0.15) is 64.6 Å². The van der Waals surface area contributed by atoms with Crippen molar-refractivity contribution in [3.05, 3.63) is 58.4 Å². The molecule has 2 aliphatic carbocycles. The molecule has 1 atom stereocenters. The van der Waals surface area contributed by atoms with Gasteiger partial charge < -0.3 is 4.42 Å². The van der Waals surface area contributed by atoms with Crippen molar-refractivity contribution < 1.29 is 29.0 Å². The minimum Gasteiger partial charge on any atom is -0.460 e. The van der Waals surface area contributed by atoms with E-state index in [-0.39, 0.29) is 31.0 Å². The number of benzene rings is 1. The number of furan rings is 1. The van der Waals surface area contributed by atoms with Gasteiger partial charge in [-0.15, -0.1) is 0 Å². The van der Waals surface area contributed by atoms with Crippen LogP contribution in [-0.2, 0) is 31.6 Å². The van der Waals surface area contributed by atoms with Crippen molar-refractivity contribution in [2.24, 2.45) is 0 Å². The van der Waals surface area contributed by atoms with Crippen molar-refractivity contribution in [2.75, 3.05) is 5.75 Å². The molecular weight excluding hydrogens is 483 g/mol. The van der Waals surface area contributed by atoms with Crippen LogP contribution in [0.3, 0.4) is 0 Å². The number of carbonyl (C=O) groups is 1. The SMILES string of the molecule is CC12CCCc3coc(c31)C(=O)c1cc3c(cc12)[CH-]CCS3.[Os+]. The molecule has 119 valence electrons. The molecule has 4 heteroatoms. The van der Waals surface area contributed by atoms with Crippen molar-refractivity contribution in [3.63, 3.8) is 0 Å². The third kappa shape index (κ3) is 1.98. The maximum Gasteiger partial charge on any atom is 1.00 e. The number of ketones is 1. The molecule has 1 aliphatic heterocycles. The van der Waals surface area contributed by atoms with Gasteiger partial charge in [0.15, 0.2) is 5.76 Å². The van der Waals surface area contributed by atoms with Crippen LogP contribution in [0.5, 0.6) is 0 Å². The van der Waals surface area contributed by atoms with Gasteiger partial charge in [-0.2, -0.15) is 29.8 Å². The minimum absolute atomic E-state index is 0. The van der Waals surface area contributed by atoms with Crippen LogP contribution in [0.15, 0.2) is 27.7 Å². The molecule has 1 unspecified atom stereocenters. The molecule has 1 aromatic heterocycles. The first kappa shape index (κ1) is 15.5. The van der Waals surface area contributed by atoms with E-state index < -0.39 is 0 Å². The zero-order valence-corrected chi connectivity index (χ0v) is 16.3. The first-order valence-electron chi connectivity index (χ1n) is 7.98. The predicted octanol–water partition coefficient (Wildman–Crippen LogP) is 4.51. The second-order valence-corrected chi connectivity index (χ2v) is 7.89. The molecular formula is C19H17O2OsS. The van der Waals surface area contributed by atoms with Gasteiger partial charge in [0, 0.05) is 16.5 Å².